The average Bonchev–Trinajstić information content (AvgIpc) is 3.10. The van der Waals surface area contributed by atoms with Gasteiger partial charge in [0.2, 0.25) is 0 Å². The summed E-state index contributed by atoms with van der Waals surface area (Å²) in [5.41, 5.74) is 0. The summed E-state index contributed by atoms with van der Waals surface area (Å²) in [6.07, 6.45) is 20.0. The fourth-order valence-electron chi connectivity index (χ4n) is 0.904. The van der Waals surface area contributed by atoms with Crippen LogP contribution in [-0.4, -0.2) is 24.2 Å². The van der Waals surface area contributed by atoms with Crippen LogP contribution in [0.2, 0.25) is 19.1 Å². The molecule has 0 saturated carbocycles. The van der Waals surface area contributed by atoms with Gasteiger partial charge < -0.3 is 5.11 Å². The Morgan fingerprint density at radius 2 is 1.48 bits per heavy atom. The predicted molar refractivity (Wildman–Crippen MR) is 98.7 cm³/mol. The molecule has 1 nitrogen and oxygen atoms in total. The third kappa shape index (κ3) is 38.5. The monoisotopic (exact) mass is 423 g/mol. The predicted octanol–water partition coefficient (Wildman–Crippen LogP) is 4.54. The van der Waals surface area contributed by atoms with Crippen LogP contribution in [0.1, 0.15) is 19.8 Å². The first-order valence-corrected chi connectivity index (χ1v) is 10.6. The Labute approximate surface area is 160 Å². The van der Waals surface area contributed by atoms with E-state index in [1.54, 1.807) is 0 Å². The molecule has 5 heteroatoms. The van der Waals surface area contributed by atoms with Gasteiger partial charge in [0, 0.05) is 15.4 Å². The van der Waals surface area contributed by atoms with Crippen LogP contribution in [0.15, 0.2) is 36.5 Å². The third-order valence-electron chi connectivity index (χ3n) is 1.78. The van der Waals surface area contributed by atoms with Crippen molar-refractivity contribution >= 4 is 37.3 Å². The van der Waals surface area contributed by atoms with Crippen LogP contribution in [-0.2, 0) is 24.2 Å². The molecule has 2 aliphatic rings. The molecular formula is C16H27Cl2OSiZr. The smallest absolute Gasteiger partial charge is 0.0437 e. The summed E-state index contributed by atoms with van der Waals surface area (Å²) >= 11 is 1.51. The molecule has 0 heterocycles. The molecule has 0 fully saturated rings. The van der Waals surface area contributed by atoms with Gasteiger partial charge >= 0.3 is 34.9 Å². The van der Waals surface area contributed by atoms with Crippen LogP contribution >= 0.6 is 24.8 Å². The Morgan fingerprint density at radius 1 is 1.10 bits per heavy atom. The van der Waals surface area contributed by atoms with Crippen LogP contribution in [0.3, 0.4) is 0 Å². The number of hydrogen-bond acceptors (Lipinski definition) is 1. The topological polar surface area (TPSA) is 20.2 Å². The van der Waals surface area contributed by atoms with Crippen LogP contribution in [0.4, 0.5) is 0 Å². The molecule has 0 spiro atoms. The molecule has 0 bridgehead atoms. The molecule has 2 rings (SSSR count). The number of aliphatic hydroxyl groups excluding tert-OH is 1. The molecule has 1 N–H and O–H groups in total. The van der Waals surface area contributed by atoms with Gasteiger partial charge in [0.1, 0.15) is 0 Å². The van der Waals surface area contributed by atoms with E-state index in [2.05, 4.69) is 41.1 Å². The van der Waals surface area contributed by atoms with Crippen molar-refractivity contribution < 1.29 is 29.3 Å². The first-order chi connectivity index (χ1) is 9.18. The van der Waals surface area contributed by atoms with Gasteiger partial charge in [-0.15, -0.1) is 37.7 Å². The first-order valence-electron chi connectivity index (χ1n) is 6.47. The molecule has 0 saturated heterocycles. The van der Waals surface area contributed by atoms with E-state index in [4.69, 9.17) is 5.11 Å². The molecule has 0 aromatic rings. The van der Waals surface area contributed by atoms with Crippen molar-refractivity contribution in [2.45, 2.75) is 38.9 Å². The van der Waals surface area contributed by atoms with E-state index in [1.165, 1.54) is 24.2 Å². The molecule has 119 valence electrons. The Morgan fingerprint density at radius 3 is 1.52 bits per heavy atom. The Kier molecular flexibility index (Phi) is 40.2. The molecular weight excluding hydrogens is 398 g/mol. The van der Waals surface area contributed by atoms with Crippen molar-refractivity contribution in [3.8, 4) is 0 Å². The minimum absolute atomic E-state index is 0. The van der Waals surface area contributed by atoms with Gasteiger partial charge in [-0.3, -0.25) is 12.2 Å². The molecule has 0 atom stereocenters. The number of halogens is 2. The SMILES string of the molecule is C[CH]=[Zr+2].C[Si](C)CCO.Cl.Cl.[C-]1=CC=CC1.[C-]1=CC=CC1. The standard InChI is InChI=1S/2C5H5.C4H11OSi.C2H4.2ClH.Zr/c2*1-2-4-5-3-1;1-6(2)4-3-5;1-2;;;/h2*1-3H,4H2;5H,3-4H2,1-2H3;1H,2H3;2*1H;/q2*-1;;;;;+2. The Hall–Kier alpha value is 0.470. The summed E-state index contributed by atoms with van der Waals surface area (Å²) in [5.74, 6) is 0. The molecule has 1 radical (unpaired) electrons. The van der Waals surface area contributed by atoms with E-state index in [1.807, 2.05) is 31.2 Å². The van der Waals surface area contributed by atoms with Crippen molar-refractivity contribution in [1.29, 1.82) is 0 Å². The van der Waals surface area contributed by atoms with Gasteiger partial charge in [0.05, 0.1) is 0 Å². The summed E-state index contributed by atoms with van der Waals surface area (Å²) < 4.78 is 2.09. The van der Waals surface area contributed by atoms with Crippen molar-refractivity contribution in [3.05, 3.63) is 48.6 Å². The minimum atomic E-state index is -0.136. The minimum Gasteiger partial charge on any atom is -0.397 e. The van der Waals surface area contributed by atoms with Crippen LogP contribution < -0.4 is 0 Å². The van der Waals surface area contributed by atoms with E-state index < -0.39 is 0 Å². The number of allylic oxidation sites excluding steroid dienone is 8. The summed E-state index contributed by atoms with van der Waals surface area (Å²) in [5, 5.41) is 8.26. The van der Waals surface area contributed by atoms with Crippen LogP contribution in [0, 0.1) is 12.2 Å². The number of rotatable bonds is 2. The van der Waals surface area contributed by atoms with Gasteiger partial charge in [0.15, 0.2) is 0 Å². The van der Waals surface area contributed by atoms with Gasteiger partial charge in [-0.25, -0.2) is 24.3 Å². The second kappa shape index (κ2) is 28.6. The van der Waals surface area contributed by atoms with Crippen LogP contribution in [0.5, 0.6) is 0 Å². The molecule has 0 aromatic carbocycles. The maximum Gasteiger partial charge on any atom is 0.0437 e. The van der Waals surface area contributed by atoms with E-state index >= 15 is 0 Å². The van der Waals surface area contributed by atoms with Crippen molar-refractivity contribution in [2.24, 2.45) is 0 Å². The average molecular weight is 426 g/mol. The van der Waals surface area contributed by atoms with Crippen LogP contribution in [0.25, 0.3) is 0 Å². The van der Waals surface area contributed by atoms with Crippen molar-refractivity contribution in [3.63, 3.8) is 0 Å². The van der Waals surface area contributed by atoms with E-state index in [0.29, 0.717) is 6.61 Å². The number of hydrogen-bond donors (Lipinski definition) is 1. The fraction of sp³-hybridized carbons (Fsp3) is 0.438. The van der Waals surface area contributed by atoms with E-state index in [0.717, 1.165) is 18.9 Å². The normalized spacial score (nSPS) is 12.0. The summed E-state index contributed by atoms with van der Waals surface area (Å²) in [7, 11) is -0.136. The van der Waals surface area contributed by atoms with Crippen molar-refractivity contribution in [1.82, 2.24) is 0 Å². The van der Waals surface area contributed by atoms with Gasteiger partial charge in [0.25, 0.3) is 0 Å². The largest absolute Gasteiger partial charge is 0.397 e. The van der Waals surface area contributed by atoms with E-state index in [9.17, 15) is 0 Å². The van der Waals surface area contributed by atoms with Gasteiger partial charge in [-0.2, -0.15) is 12.2 Å². The number of aliphatic hydroxyl groups is 1. The van der Waals surface area contributed by atoms with Gasteiger partial charge in [-0.1, -0.05) is 13.1 Å². The molecule has 2 aliphatic carbocycles. The van der Waals surface area contributed by atoms with Crippen molar-refractivity contribution in [2.75, 3.05) is 6.61 Å². The molecule has 0 amide bonds. The third-order valence-corrected chi connectivity index (χ3v) is 3.01. The fourth-order valence-corrected chi connectivity index (χ4v) is 1.35. The Bertz CT molecular complexity index is 259. The summed E-state index contributed by atoms with van der Waals surface area (Å²) in [4.78, 5) is 0. The van der Waals surface area contributed by atoms with E-state index in [-0.39, 0.29) is 33.6 Å². The molecule has 0 aliphatic heterocycles. The Balaban J connectivity index is -0.0000000909. The zero-order valence-corrected chi connectivity index (χ0v) is 18.2. The molecule has 0 unspecified atom stereocenters. The summed E-state index contributed by atoms with van der Waals surface area (Å²) in [6.45, 7) is 6.81. The quantitative estimate of drug-likeness (QED) is 0.509. The maximum atomic E-state index is 8.26. The first kappa shape index (κ1) is 29.5. The second-order valence-corrected chi connectivity index (χ2v) is 8.31. The van der Waals surface area contributed by atoms with Gasteiger partial charge in [-0.05, 0) is 6.04 Å². The summed E-state index contributed by atoms with van der Waals surface area (Å²) in [6, 6.07) is 1.03. The zero-order chi connectivity index (χ0) is 14.8. The maximum absolute atomic E-state index is 8.26. The molecule has 21 heavy (non-hydrogen) atoms. The zero-order valence-electron chi connectivity index (χ0n) is 13.1. The molecule has 0 aromatic heterocycles. The second-order valence-electron chi connectivity index (χ2n) is 3.98.